The molecule has 3 rings (SSSR count). The summed E-state index contributed by atoms with van der Waals surface area (Å²) < 4.78 is 0. The number of carbonyl (C=O) groups is 2. The standard InChI is InChI=1S/C17H23N5O3/c1-6-19-8-11(2)16(22(12(3)23)13(4)24)15-17(19)21-10-20(25-5)9-14(21)7-18-15/h7-9,16H,6,10H2,1-5H3. The molecule has 25 heavy (non-hydrogen) atoms. The Morgan fingerprint density at radius 3 is 2.56 bits per heavy atom. The molecule has 3 heterocycles. The fourth-order valence-electron chi connectivity index (χ4n) is 3.45. The SMILES string of the molecule is CCN1C=C(C)C(N(C(C)=O)C(C)=O)C2=C1N1CN(OC)C=C1C=N2. The number of nitrogens with zero attached hydrogens (tertiary/aromatic N) is 5. The first kappa shape index (κ1) is 17.2. The molecule has 2 amide bonds. The van der Waals surface area contributed by atoms with Gasteiger partial charge in [-0.1, -0.05) is 0 Å². The first-order valence-corrected chi connectivity index (χ1v) is 8.22. The van der Waals surface area contributed by atoms with E-state index in [4.69, 9.17) is 4.84 Å². The highest BCUT2D eigenvalue weighted by atomic mass is 16.7. The molecule has 0 aliphatic carbocycles. The van der Waals surface area contributed by atoms with Crippen molar-refractivity contribution < 1.29 is 14.4 Å². The Kier molecular flexibility index (Phi) is 4.38. The Labute approximate surface area is 147 Å². The van der Waals surface area contributed by atoms with E-state index in [0.29, 0.717) is 12.4 Å². The number of amides is 2. The van der Waals surface area contributed by atoms with Crippen LogP contribution in [0.3, 0.4) is 0 Å². The topological polar surface area (TPSA) is 68.7 Å². The zero-order valence-corrected chi connectivity index (χ0v) is 15.2. The van der Waals surface area contributed by atoms with Gasteiger partial charge in [0.15, 0.2) is 0 Å². The lowest BCUT2D eigenvalue weighted by Gasteiger charge is -2.42. The average Bonchev–Trinajstić information content (AvgIpc) is 2.99. The largest absolute Gasteiger partial charge is 0.333 e. The van der Waals surface area contributed by atoms with Crippen molar-refractivity contribution in [2.45, 2.75) is 33.7 Å². The van der Waals surface area contributed by atoms with E-state index in [1.165, 1.54) is 18.7 Å². The predicted octanol–water partition coefficient (Wildman–Crippen LogP) is 1.22. The Morgan fingerprint density at radius 2 is 2.00 bits per heavy atom. The molecule has 0 radical (unpaired) electrons. The predicted molar refractivity (Wildman–Crippen MR) is 92.3 cm³/mol. The smallest absolute Gasteiger partial charge is 0.226 e. The third-order valence-electron chi connectivity index (χ3n) is 4.52. The minimum atomic E-state index is -0.498. The quantitative estimate of drug-likeness (QED) is 0.766. The summed E-state index contributed by atoms with van der Waals surface area (Å²) in [5.74, 6) is 0.288. The van der Waals surface area contributed by atoms with Crippen molar-refractivity contribution in [1.29, 1.82) is 0 Å². The van der Waals surface area contributed by atoms with Crippen molar-refractivity contribution in [1.82, 2.24) is 19.8 Å². The summed E-state index contributed by atoms with van der Waals surface area (Å²) >= 11 is 0. The van der Waals surface area contributed by atoms with Gasteiger partial charge in [-0.15, -0.1) is 0 Å². The second-order valence-corrected chi connectivity index (χ2v) is 6.16. The zero-order valence-electron chi connectivity index (χ0n) is 15.2. The zero-order chi connectivity index (χ0) is 18.3. The highest BCUT2D eigenvalue weighted by Gasteiger charge is 2.40. The molecule has 3 aliphatic heterocycles. The van der Waals surface area contributed by atoms with Crippen LogP contribution in [0.15, 0.2) is 40.2 Å². The summed E-state index contributed by atoms with van der Waals surface area (Å²) in [6.07, 6.45) is 5.60. The fourth-order valence-corrected chi connectivity index (χ4v) is 3.45. The summed E-state index contributed by atoms with van der Waals surface area (Å²) in [5, 5.41) is 1.71. The average molecular weight is 345 g/mol. The molecule has 0 aromatic rings. The molecule has 0 saturated heterocycles. The summed E-state index contributed by atoms with van der Waals surface area (Å²) in [4.78, 5) is 39.6. The molecule has 0 aromatic carbocycles. The van der Waals surface area contributed by atoms with Crippen molar-refractivity contribution >= 4 is 18.0 Å². The van der Waals surface area contributed by atoms with E-state index in [1.54, 1.807) is 18.4 Å². The van der Waals surface area contributed by atoms with Gasteiger partial charge in [-0.2, -0.15) is 0 Å². The first-order chi connectivity index (χ1) is 11.9. The molecule has 0 aromatic heterocycles. The Bertz CT molecular complexity index is 723. The lowest BCUT2D eigenvalue weighted by atomic mass is 9.99. The highest BCUT2D eigenvalue weighted by molar-refractivity contribution is 5.94. The molecule has 8 heteroatoms. The van der Waals surface area contributed by atoms with Crippen LogP contribution in [0.5, 0.6) is 0 Å². The molecule has 8 nitrogen and oxygen atoms in total. The van der Waals surface area contributed by atoms with Gasteiger partial charge in [0.2, 0.25) is 11.8 Å². The number of hydrogen-bond donors (Lipinski definition) is 0. The van der Waals surface area contributed by atoms with Crippen molar-refractivity contribution in [3.8, 4) is 0 Å². The molecular formula is C17H23N5O3. The molecule has 0 spiro atoms. The summed E-state index contributed by atoms with van der Waals surface area (Å²) in [6.45, 7) is 8.04. The van der Waals surface area contributed by atoms with E-state index in [-0.39, 0.29) is 11.8 Å². The van der Waals surface area contributed by atoms with E-state index in [2.05, 4.69) is 14.8 Å². The molecule has 0 bridgehead atoms. The number of rotatable bonds is 3. The number of carbonyl (C=O) groups excluding carboxylic acids is 2. The molecular weight excluding hydrogens is 322 g/mol. The van der Waals surface area contributed by atoms with Crippen molar-refractivity contribution in [3.63, 3.8) is 0 Å². The van der Waals surface area contributed by atoms with Gasteiger partial charge in [-0.3, -0.25) is 24.3 Å². The number of hydrogen-bond acceptors (Lipinski definition) is 7. The van der Waals surface area contributed by atoms with Gasteiger partial charge < -0.3 is 9.80 Å². The molecule has 0 fully saturated rings. The van der Waals surface area contributed by atoms with Crippen LogP contribution in [0.1, 0.15) is 27.7 Å². The Morgan fingerprint density at radius 1 is 1.32 bits per heavy atom. The maximum atomic E-state index is 12.1. The minimum absolute atomic E-state index is 0.293. The Balaban J connectivity index is 2.11. The lowest BCUT2D eigenvalue weighted by Crippen LogP contribution is -2.49. The monoisotopic (exact) mass is 345 g/mol. The van der Waals surface area contributed by atoms with Crippen LogP contribution in [0.2, 0.25) is 0 Å². The van der Waals surface area contributed by atoms with Gasteiger partial charge in [-0.25, -0.2) is 5.06 Å². The van der Waals surface area contributed by atoms with E-state index >= 15 is 0 Å². The van der Waals surface area contributed by atoms with Gasteiger partial charge in [0.25, 0.3) is 0 Å². The third-order valence-corrected chi connectivity index (χ3v) is 4.52. The van der Waals surface area contributed by atoms with Crippen LogP contribution in [0, 0.1) is 0 Å². The number of allylic oxidation sites excluding steroid dienone is 1. The molecule has 0 saturated carbocycles. The third kappa shape index (κ3) is 2.72. The number of hydroxylamine groups is 2. The van der Waals surface area contributed by atoms with E-state index < -0.39 is 6.04 Å². The van der Waals surface area contributed by atoms with Crippen LogP contribution < -0.4 is 0 Å². The van der Waals surface area contributed by atoms with Crippen LogP contribution >= 0.6 is 0 Å². The second kappa shape index (κ2) is 6.36. The molecule has 1 atom stereocenters. The lowest BCUT2D eigenvalue weighted by molar-refractivity contribution is -0.143. The van der Waals surface area contributed by atoms with Crippen molar-refractivity contribution in [3.05, 3.63) is 35.2 Å². The van der Waals surface area contributed by atoms with E-state index in [9.17, 15) is 9.59 Å². The van der Waals surface area contributed by atoms with Gasteiger partial charge in [0.05, 0.1) is 25.2 Å². The number of imide groups is 1. The number of aliphatic imine (C=N–C) groups is 1. The van der Waals surface area contributed by atoms with Crippen molar-refractivity contribution in [2.24, 2.45) is 4.99 Å². The van der Waals surface area contributed by atoms with E-state index in [1.807, 2.05) is 26.2 Å². The van der Waals surface area contributed by atoms with Crippen molar-refractivity contribution in [2.75, 3.05) is 20.3 Å². The normalized spacial score (nSPS) is 21.8. The number of fused-ring (bicyclic) bond motifs is 2. The first-order valence-electron chi connectivity index (χ1n) is 8.22. The maximum absolute atomic E-state index is 12.1. The molecule has 0 N–H and O–H groups in total. The Hall–Kier alpha value is -2.61. The fraction of sp³-hybridized carbons (Fsp3) is 0.471. The minimum Gasteiger partial charge on any atom is -0.333 e. The van der Waals surface area contributed by atoms with E-state index in [0.717, 1.165) is 23.6 Å². The highest BCUT2D eigenvalue weighted by Crippen LogP contribution is 2.37. The molecule has 1 unspecified atom stereocenters. The second-order valence-electron chi connectivity index (χ2n) is 6.16. The van der Waals surface area contributed by atoms with Crippen LogP contribution in [-0.4, -0.2) is 64.2 Å². The summed E-state index contributed by atoms with van der Waals surface area (Å²) in [7, 11) is 1.61. The van der Waals surface area contributed by atoms with Gasteiger partial charge in [0.1, 0.15) is 24.2 Å². The van der Waals surface area contributed by atoms with Gasteiger partial charge >= 0.3 is 0 Å². The molecule has 134 valence electrons. The van der Waals surface area contributed by atoms with Gasteiger partial charge in [0, 0.05) is 26.6 Å². The summed E-state index contributed by atoms with van der Waals surface area (Å²) in [6, 6.07) is -0.498. The van der Waals surface area contributed by atoms with Crippen LogP contribution in [-0.2, 0) is 14.4 Å². The van der Waals surface area contributed by atoms with Gasteiger partial charge in [-0.05, 0) is 19.4 Å². The maximum Gasteiger partial charge on any atom is 0.226 e. The van der Waals surface area contributed by atoms with Crippen LogP contribution in [0.4, 0.5) is 0 Å². The van der Waals surface area contributed by atoms with Crippen LogP contribution in [0.25, 0.3) is 0 Å². The molecule has 3 aliphatic rings. The summed E-state index contributed by atoms with van der Waals surface area (Å²) in [5.41, 5.74) is 2.50.